The van der Waals surface area contributed by atoms with Gasteiger partial charge < -0.3 is 10.2 Å². The van der Waals surface area contributed by atoms with Gasteiger partial charge in [0, 0.05) is 29.9 Å². The average molecular weight is 389 g/mol. The molecule has 0 radical (unpaired) electrons. The van der Waals surface area contributed by atoms with Crippen LogP contribution in [0.1, 0.15) is 22.1 Å². The number of hydrogen-bond acceptors (Lipinski definition) is 4. The minimum Gasteiger partial charge on any atom is -0.353 e. The third kappa shape index (κ3) is 3.52. The topological polar surface area (TPSA) is 81.3 Å². The molecular weight excluding hydrogens is 366 g/mol. The minimum absolute atomic E-state index is 0.218. The fourth-order valence-electron chi connectivity index (χ4n) is 3.60. The molecule has 148 valence electrons. The van der Waals surface area contributed by atoms with Crippen LogP contribution in [0.5, 0.6) is 0 Å². The summed E-state index contributed by atoms with van der Waals surface area (Å²) >= 11 is 0. The smallest absolute Gasteiger partial charge is 0.259 e. The molecule has 0 bridgehead atoms. The molecule has 1 aliphatic heterocycles. The van der Waals surface area contributed by atoms with Crippen molar-refractivity contribution in [3.63, 3.8) is 0 Å². The molecule has 29 heavy (non-hydrogen) atoms. The van der Waals surface area contributed by atoms with Gasteiger partial charge in [0.1, 0.15) is 0 Å². The molecule has 3 aromatic rings. The Morgan fingerprint density at radius 3 is 2.48 bits per heavy atom. The molecule has 1 aliphatic rings. The van der Waals surface area contributed by atoms with Gasteiger partial charge in [0.25, 0.3) is 5.91 Å². The normalized spacial score (nSPS) is 15.6. The molecule has 7 nitrogen and oxygen atoms in total. The number of hydrogen-bond donors (Lipinski definition) is 2. The molecule has 7 heteroatoms. The molecule has 2 amide bonds. The number of nitrogens with one attached hydrogen (secondary N) is 2. The van der Waals surface area contributed by atoms with E-state index >= 15 is 0 Å². The number of benzene rings is 2. The van der Waals surface area contributed by atoms with Crippen molar-refractivity contribution in [1.82, 2.24) is 20.4 Å². The summed E-state index contributed by atoms with van der Waals surface area (Å²) in [6.45, 7) is 1.18. The molecule has 4 rings (SSSR count). The Balaban J connectivity index is 1.84. The second kappa shape index (κ2) is 7.89. The van der Waals surface area contributed by atoms with E-state index in [9.17, 15) is 9.59 Å². The predicted molar refractivity (Wildman–Crippen MR) is 112 cm³/mol. The largest absolute Gasteiger partial charge is 0.353 e. The molecule has 2 aromatic carbocycles. The Morgan fingerprint density at radius 1 is 1.07 bits per heavy atom. The van der Waals surface area contributed by atoms with Crippen molar-refractivity contribution < 1.29 is 9.59 Å². The number of fused-ring (bicyclic) bond motifs is 3. The van der Waals surface area contributed by atoms with E-state index in [1.165, 1.54) is 0 Å². The van der Waals surface area contributed by atoms with Crippen LogP contribution < -0.4 is 10.2 Å². The number of anilines is 1. The molecule has 0 saturated heterocycles. The molecule has 0 spiro atoms. The Hall–Kier alpha value is -3.45. The summed E-state index contributed by atoms with van der Waals surface area (Å²) in [6, 6.07) is 15.8. The fraction of sp³-hybridized carbons (Fsp3) is 0.227. The summed E-state index contributed by atoms with van der Waals surface area (Å²) in [5, 5.41) is 10.1. The van der Waals surface area contributed by atoms with E-state index in [4.69, 9.17) is 0 Å². The number of para-hydroxylation sites is 1. The van der Waals surface area contributed by atoms with Crippen molar-refractivity contribution in [3.05, 3.63) is 72.1 Å². The van der Waals surface area contributed by atoms with Crippen molar-refractivity contribution in [2.45, 2.75) is 6.04 Å². The molecular formula is C22H23N5O2. The van der Waals surface area contributed by atoms with Crippen LogP contribution in [0.25, 0.3) is 11.1 Å². The number of aromatic nitrogens is 2. The summed E-state index contributed by atoms with van der Waals surface area (Å²) in [5.41, 5.74) is 3.34. The Bertz CT molecular complexity index is 1030. The van der Waals surface area contributed by atoms with E-state index in [1.807, 2.05) is 67.5 Å². The van der Waals surface area contributed by atoms with Gasteiger partial charge in [-0.05, 0) is 37.9 Å². The van der Waals surface area contributed by atoms with E-state index < -0.39 is 6.04 Å². The number of rotatable bonds is 5. The van der Waals surface area contributed by atoms with E-state index in [1.54, 1.807) is 17.2 Å². The number of carbonyl (C=O) groups excluding carboxylic acids is 2. The van der Waals surface area contributed by atoms with Crippen LogP contribution in [0.3, 0.4) is 0 Å². The summed E-state index contributed by atoms with van der Waals surface area (Å²) < 4.78 is 0. The zero-order valence-corrected chi connectivity index (χ0v) is 16.4. The third-order valence-corrected chi connectivity index (χ3v) is 5.01. The van der Waals surface area contributed by atoms with E-state index in [0.29, 0.717) is 30.0 Å². The lowest BCUT2D eigenvalue weighted by Crippen LogP contribution is -2.45. The van der Waals surface area contributed by atoms with Crippen molar-refractivity contribution in [2.75, 3.05) is 32.1 Å². The highest BCUT2D eigenvalue weighted by Gasteiger charge is 2.39. The van der Waals surface area contributed by atoms with Gasteiger partial charge in [-0.25, -0.2) is 0 Å². The Kier molecular flexibility index (Phi) is 5.14. The van der Waals surface area contributed by atoms with Crippen molar-refractivity contribution in [1.29, 1.82) is 0 Å². The van der Waals surface area contributed by atoms with Crippen LogP contribution in [-0.2, 0) is 4.79 Å². The Labute approximate surface area is 169 Å². The first kappa shape index (κ1) is 18.9. The molecule has 0 fully saturated rings. The summed E-state index contributed by atoms with van der Waals surface area (Å²) in [5.74, 6) is -0.466. The van der Waals surface area contributed by atoms with Crippen LogP contribution in [-0.4, -0.2) is 54.1 Å². The predicted octanol–water partition coefficient (Wildman–Crippen LogP) is 2.46. The second-order valence-electron chi connectivity index (χ2n) is 7.25. The van der Waals surface area contributed by atoms with Gasteiger partial charge in [0.15, 0.2) is 6.04 Å². The van der Waals surface area contributed by atoms with Crippen molar-refractivity contribution in [2.24, 2.45) is 0 Å². The highest BCUT2D eigenvalue weighted by molar-refractivity contribution is 6.15. The number of likely N-dealkylation sites (N-methyl/N-ethyl adjacent to an activating group) is 1. The van der Waals surface area contributed by atoms with Crippen molar-refractivity contribution >= 4 is 17.5 Å². The standard InChI is InChI=1S/C22H23N5O2/c1-26(2)13-12-23-21(28)20-19-18(14-24-25-19)16-10-6-7-11-17(16)22(29)27(20)15-8-4-3-5-9-15/h3-11,14,20H,12-13H2,1-2H3,(H,23,28)(H,24,25). The lowest BCUT2D eigenvalue weighted by molar-refractivity contribution is -0.122. The van der Waals surface area contributed by atoms with Crippen LogP contribution in [0, 0.1) is 0 Å². The SMILES string of the molecule is CN(C)CCNC(=O)C1c2[nH]ncc2-c2ccccc2C(=O)N1c1ccccc1. The zero-order valence-electron chi connectivity index (χ0n) is 16.4. The highest BCUT2D eigenvalue weighted by Crippen LogP contribution is 2.39. The van der Waals surface area contributed by atoms with Gasteiger partial charge in [-0.1, -0.05) is 36.4 Å². The molecule has 0 saturated carbocycles. The molecule has 1 aromatic heterocycles. The molecule has 1 atom stereocenters. The van der Waals surface area contributed by atoms with Gasteiger partial charge in [0.05, 0.1) is 11.9 Å². The first-order chi connectivity index (χ1) is 14.1. The summed E-state index contributed by atoms with van der Waals surface area (Å²) in [6.07, 6.45) is 1.68. The van der Waals surface area contributed by atoms with Gasteiger partial charge in [-0.3, -0.25) is 19.6 Å². The monoisotopic (exact) mass is 389 g/mol. The first-order valence-corrected chi connectivity index (χ1v) is 9.51. The van der Waals surface area contributed by atoms with Crippen LogP contribution in [0.4, 0.5) is 5.69 Å². The van der Waals surface area contributed by atoms with Crippen LogP contribution in [0.2, 0.25) is 0 Å². The second-order valence-corrected chi connectivity index (χ2v) is 7.25. The number of aromatic amines is 1. The number of H-pyrrole nitrogens is 1. The third-order valence-electron chi connectivity index (χ3n) is 5.01. The number of carbonyl (C=O) groups is 2. The molecule has 0 aliphatic carbocycles. The number of amides is 2. The maximum atomic E-state index is 13.6. The van der Waals surface area contributed by atoms with E-state index in [0.717, 1.165) is 11.1 Å². The average Bonchev–Trinajstić information content (AvgIpc) is 3.17. The van der Waals surface area contributed by atoms with Gasteiger partial charge in [0.2, 0.25) is 5.91 Å². The fourth-order valence-corrected chi connectivity index (χ4v) is 3.60. The van der Waals surface area contributed by atoms with E-state index in [-0.39, 0.29) is 11.8 Å². The summed E-state index contributed by atoms with van der Waals surface area (Å²) in [4.78, 5) is 30.4. The van der Waals surface area contributed by atoms with Gasteiger partial charge >= 0.3 is 0 Å². The zero-order chi connectivity index (χ0) is 20.4. The van der Waals surface area contributed by atoms with Crippen LogP contribution >= 0.6 is 0 Å². The lowest BCUT2D eigenvalue weighted by atomic mass is 10.00. The molecule has 2 heterocycles. The maximum absolute atomic E-state index is 13.6. The minimum atomic E-state index is -0.850. The van der Waals surface area contributed by atoms with Crippen LogP contribution in [0.15, 0.2) is 60.8 Å². The Morgan fingerprint density at radius 2 is 1.76 bits per heavy atom. The van der Waals surface area contributed by atoms with Gasteiger partial charge in [-0.2, -0.15) is 5.10 Å². The lowest BCUT2D eigenvalue weighted by Gasteiger charge is -2.29. The quantitative estimate of drug-likeness (QED) is 0.702. The molecule has 1 unspecified atom stereocenters. The van der Waals surface area contributed by atoms with E-state index in [2.05, 4.69) is 15.5 Å². The van der Waals surface area contributed by atoms with Gasteiger partial charge in [-0.15, -0.1) is 0 Å². The number of nitrogens with zero attached hydrogens (tertiary/aromatic N) is 3. The van der Waals surface area contributed by atoms with Crippen molar-refractivity contribution in [3.8, 4) is 11.1 Å². The summed E-state index contributed by atoms with van der Waals surface area (Å²) in [7, 11) is 3.89. The molecule has 2 N–H and O–H groups in total. The first-order valence-electron chi connectivity index (χ1n) is 9.51. The maximum Gasteiger partial charge on any atom is 0.259 e. The highest BCUT2D eigenvalue weighted by atomic mass is 16.2.